The molecule has 25 heavy (non-hydrogen) atoms. The van der Waals surface area contributed by atoms with Crippen LogP contribution in [0.3, 0.4) is 0 Å². The molecule has 132 valence electrons. The molecule has 1 fully saturated rings. The third-order valence-electron chi connectivity index (χ3n) is 4.63. The lowest BCUT2D eigenvalue weighted by Gasteiger charge is -2.32. The molecule has 0 bridgehead atoms. The van der Waals surface area contributed by atoms with Crippen LogP contribution in [-0.2, 0) is 17.9 Å². The van der Waals surface area contributed by atoms with Gasteiger partial charge in [0.15, 0.2) is 0 Å². The highest BCUT2D eigenvalue weighted by Crippen LogP contribution is 2.27. The van der Waals surface area contributed by atoms with E-state index in [4.69, 9.17) is 23.2 Å². The molecule has 1 amide bonds. The summed E-state index contributed by atoms with van der Waals surface area (Å²) in [7, 11) is 0. The average molecular weight is 377 g/mol. The zero-order valence-corrected chi connectivity index (χ0v) is 15.6. The Morgan fingerprint density at radius 3 is 2.52 bits per heavy atom. The molecule has 1 saturated heterocycles. The molecule has 2 aromatic carbocycles. The molecule has 1 N–H and O–H groups in total. The minimum Gasteiger partial charge on any atom is -0.352 e. The highest BCUT2D eigenvalue weighted by atomic mass is 35.5. The van der Waals surface area contributed by atoms with E-state index in [1.165, 1.54) is 0 Å². The van der Waals surface area contributed by atoms with Crippen LogP contribution in [0.4, 0.5) is 0 Å². The van der Waals surface area contributed by atoms with Gasteiger partial charge in [0.25, 0.3) is 0 Å². The normalized spacial score (nSPS) is 18.1. The molecule has 2 aromatic rings. The Balaban J connectivity index is 1.56. The molecule has 3 rings (SSSR count). The lowest BCUT2D eigenvalue weighted by atomic mass is 9.96. The predicted octanol–water partition coefficient (Wildman–Crippen LogP) is 4.52. The molecule has 1 atom stereocenters. The smallest absolute Gasteiger partial charge is 0.224 e. The van der Waals surface area contributed by atoms with Crippen LogP contribution in [0.2, 0.25) is 10.0 Å². The van der Waals surface area contributed by atoms with E-state index in [9.17, 15) is 4.79 Å². The van der Waals surface area contributed by atoms with Crippen molar-refractivity contribution in [1.82, 2.24) is 10.2 Å². The molecule has 0 aromatic heterocycles. The van der Waals surface area contributed by atoms with E-state index in [1.807, 2.05) is 48.5 Å². The number of benzene rings is 2. The Hall–Kier alpha value is -1.55. The van der Waals surface area contributed by atoms with Crippen LogP contribution in [0, 0.1) is 5.92 Å². The van der Waals surface area contributed by atoms with Gasteiger partial charge in [0.1, 0.15) is 0 Å². The Morgan fingerprint density at radius 1 is 1.08 bits per heavy atom. The minimum atomic E-state index is 0.0127. The van der Waals surface area contributed by atoms with Gasteiger partial charge in [-0.15, -0.1) is 0 Å². The molecule has 0 radical (unpaired) electrons. The van der Waals surface area contributed by atoms with Gasteiger partial charge in [0, 0.05) is 35.2 Å². The zero-order valence-electron chi connectivity index (χ0n) is 14.1. The van der Waals surface area contributed by atoms with E-state index in [0.717, 1.165) is 37.1 Å². The van der Waals surface area contributed by atoms with E-state index in [-0.39, 0.29) is 11.8 Å². The number of nitrogens with one attached hydrogen (secondary N) is 1. The number of amides is 1. The van der Waals surface area contributed by atoms with Crippen molar-refractivity contribution in [3.05, 3.63) is 69.7 Å². The molecule has 3 nitrogen and oxygen atoms in total. The monoisotopic (exact) mass is 376 g/mol. The molecule has 0 spiro atoms. The van der Waals surface area contributed by atoms with Gasteiger partial charge >= 0.3 is 0 Å². The van der Waals surface area contributed by atoms with Crippen molar-refractivity contribution in [3.63, 3.8) is 0 Å². The molecular formula is C20H22Cl2N2O. The third-order valence-corrected chi connectivity index (χ3v) is 5.34. The minimum absolute atomic E-state index is 0.0127. The zero-order chi connectivity index (χ0) is 17.6. The number of halogens is 2. The molecule has 5 heteroatoms. The van der Waals surface area contributed by atoms with Crippen LogP contribution in [0.5, 0.6) is 0 Å². The maximum atomic E-state index is 12.5. The lowest BCUT2D eigenvalue weighted by Crippen LogP contribution is -2.42. The van der Waals surface area contributed by atoms with Crippen molar-refractivity contribution < 1.29 is 4.79 Å². The first-order valence-corrected chi connectivity index (χ1v) is 9.36. The summed E-state index contributed by atoms with van der Waals surface area (Å²) in [5.41, 5.74) is 2.06. The van der Waals surface area contributed by atoms with Crippen molar-refractivity contribution >= 4 is 29.1 Å². The number of hydrogen-bond donors (Lipinski definition) is 1. The number of rotatable bonds is 5. The first-order valence-electron chi connectivity index (χ1n) is 8.60. The number of hydrogen-bond acceptors (Lipinski definition) is 2. The fourth-order valence-corrected chi connectivity index (χ4v) is 3.77. The summed E-state index contributed by atoms with van der Waals surface area (Å²) in [6, 6.07) is 15.6. The van der Waals surface area contributed by atoms with Crippen LogP contribution in [0.25, 0.3) is 0 Å². The van der Waals surface area contributed by atoms with Gasteiger partial charge in [-0.1, -0.05) is 59.6 Å². The number of carbonyl (C=O) groups is 1. The molecule has 1 heterocycles. The molecule has 1 aliphatic rings. The molecule has 0 saturated carbocycles. The second-order valence-electron chi connectivity index (χ2n) is 6.48. The molecule has 0 aliphatic carbocycles. The van der Waals surface area contributed by atoms with Gasteiger partial charge in [-0.05, 0) is 37.1 Å². The number of likely N-dealkylation sites (tertiary alicyclic amines) is 1. The van der Waals surface area contributed by atoms with Crippen molar-refractivity contribution in [2.75, 3.05) is 13.1 Å². The van der Waals surface area contributed by atoms with Gasteiger partial charge in [-0.25, -0.2) is 0 Å². The average Bonchev–Trinajstić information content (AvgIpc) is 2.64. The van der Waals surface area contributed by atoms with Gasteiger partial charge < -0.3 is 5.32 Å². The fourth-order valence-electron chi connectivity index (χ4n) is 3.25. The van der Waals surface area contributed by atoms with Crippen molar-refractivity contribution in [3.8, 4) is 0 Å². The molecular weight excluding hydrogens is 355 g/mol. The van der Waals surface area contributed by atoms with Crippen molar-refractivity contribution in [2.24, 2.45) is 5.92 Å². The summed E-state index contributed by atoms with van der Waals surface area (Å²) in [4.78, 5) is 14.8. The Morgan fingerprint density at radius 2 is 1.80 bits per heavy atom. The maximum absolute atomic E-state index is 12.5. The summed E-state index contributed by atoms with van der Waals surface area (Å²) >= 11 is 12.5. The quantitative estimate of drug-likeness (QED) is 0.831. The number of nitrogens with zero attached hydrogens (tertiary/aromatic N) is 1. The number of carbonyl (C=O) groups excluding carboxylic acids is 1. The van der Waals surface area contributed by atoms with Crippen LogP contribution < -0.4 is 5.32 Å². The van der Waals surface area contributed by atoms with Crippen LogP contribution >= 0.6 is 23.2 Å². The van der Waals surface area contributed by atoms with E-state index >= 15 is 0 Å². The van der Waals surface area contributed by atoms with Crippen LogP contribution in [0.1, 0.15) is 24.0 Å². The Labute approximate surface area is 158 Å². The second kappa shape index (κ2) is 8.70. The Kier molecular flexibility index (Phi) is 6.35. The first kappa shape index (κ1) is 18.2. The van der Waals surface area contributed by atoms with Gasteiger partial charge in [-0.3, -0.25) is 9.69 Å². The van der Waals surface area contributed by atoms with E-state index in [2.05, 4.69) is 10.2 Å². The standard InChI is InChI=1S/C20H22Cl2N2O/c21-18-9-4-10-19(22)17(18)14-24-11-5-8-16(13-24)20(25)23-12-15-6-2-1-3-7-15/h1-4,6-7,9-10,16H,5,8,11-14H2,(H,23,25)/t16-/m1/s1. The highest BCUT2D eigenvalue weighted by Gasteiger charge is 2.26. The van der Waals surface area contributed by atoms with Gasteiger partial charge in [-0.2, -0.15) is 0 Å². The largest absolute Gasteiger partial charge is 0.352 e. The maximum Gasteiger partial charge on any atom is 0.224 e. The third kappa shape index (κ3) is 4.97. The lowest BCUT2D eigenvalue weighted by molar-refractivity contribution is -0.126. The first-order chi connectivity index (χ1) is 12.1. The summed E-state index contributed by atoms with van der Waals surface area (Å²) in [6.45, 7) is 2.96. The summed E-state index contributed by atoms with van der Waals surface area (Å²) in [6.07, 6.45) is 1.93. The van der Waals surface area contributed by atoms with Crippen molar-refractivity contribution in [1.29, 1.82) is 0 Å². The SMILES string of the molecule is O=C(NCc1ccccc1)[C@@H]1CCCN(Cc2c(Cl)cccc2Cl)C1. The second-order valence-corrected chi connectivity index (χ2v) is 7.29. The van der Waals surface area contributed by atoms with E-state index < -0.39 is 0 Å². The molecule has 0 unspecified atom stereocenters. The van der Waals surface area contributed by atoms with E-state index in [1.54, 1.807) is 0 Å². The topological polar surface area (TPSA) is 32.3 Å². The summed E-state index contributed by atoms with van der Waals surface area (Å²) < 4.78 is 0. The van der Waals surface area contributed by atoms with Crippen LogP contribution in [-0.4, -0.2) is 23.9 Å². The number of piperidine rings is 1. The fraction of sp³-hybridized carbons (Fsp3) is 0.350. The van der Waals surface area contributed by atoms with Crippen molar-refractivity contribution in [2.45, 2.75) is 25.9 Å². The highest BCUT2D eigenvalue weighted by molar-refractivity contribution is 6.35. The van der Waals surface area contributed by atoms with Gasteiger partial charge in [0.2, 0.25) is 5.91 Å². The summed E-state index contributed by atoms with van der Waals surface area (Å²) in [5.74, 6) is 0.137. The van der Waals surface area contributed by atoms with E-state index in [0.29, 0.717) is 23.1 Å². The molecule has 1 aliphatic heterocycles. The van der Waals surface area contributed by atoms with Gasteiger partial charge in [0.05, 0.1) is 5.92 Å². The summed E-state index contributed by atoms with van der Waals surface area (Å²) in [5, 5.41) is 4.43. The van der Waals surface area contributed by atoms with Crippen LogP contribution in [0.15, 0.2) is 48.5 Å². The Bertz CT molecular complexity index is 701. The predicted molar refractivity (Wildman–Crippen MR) is 103 cm³/mol.